The van der Waals surface area contributed by atoms with Gasteiger partial charge >= 0.3 is 0 Å². The highest BCUT2D eigenvalue weighted by molar-refractivity contribution is 5.85. The molecule has 2 N–H and O–H groups in total. The number of hydrogen-bond donors (Lipinski definition) is 2. The van der Waals surface area contributed by atoms with Crippen LogP contribution in [-0.2, 0) is 14.3 Å². The van der Waals surface area contributed by atoms with Crippen LogP contribution in [0.1, 0.15) is 32.1 Å². The van der Waals surface area contributed by atoms with Gasteiger partial charge in [-0.1, -0.05) is 0 Å². The highest BCUT2D eigenvalue weighted by atomic mass is 35.5. The van der Waals surface area contributed by atoms with Crippen LogP contribution in [0.25, 0.3) is 0 Å². The van der Waals surface area contributed by atoms with Gasteiger partial charge in [0, 0.05) is 26.3 Å². The van der Waals surface area contributed by atoms with E-state index in [2.05, 4.69) is 10.6 Å². The summed E-state index contributed by atoms with van der Waals surface area (Å²) < 4.78 is 11.0. The van der Waals surface area contributed by atoms with Crippen molar-refractivity contribution in [2.45, 2.75) is 38.2 Å². The van der Waals surface area contributed by atoms with Crippen molar-refractivity contribution in [1.82, 2.24) is 10.6 Å². The lowest BCUT2D eigenvalue weighted by Gasteiger charge is -2.21. The van der Waals surface area contributed by atoms with E-state index in [1.165, 1.54) is 0 Å². The molecule has 0 aromatic carbocycles. The maximum Gasteiger partial charge on any atom is 0.224 e. The van der Waals surface area contributed by atoms with Gasteiger partial charge in [-0.2, -0.15) is 0 Å². The Hall–Kier alpha value is -0.360. The molecule has 2 rings (SSSR count). The van der Waals surface area contributed by atoms with Crippen LogP contribution in [0, 0.1) is 5.92 Å². The molecule has 2 aliphatic heterocycles. The van der Waals surface area contributed by atoms with Crippen LogP contribution < -0.4 is 10.6 Å². The summed E-state index contributed by atoms with van der Waals surface area (Å²) in [6, 6.07) is 0. The number of halogens is 1. The van der Waals surface area contributed by atoms with E-state index in [4.69, 9.17) is 9.47 Å². The molecular weight excluding hydrogens is 280 g/mol. The zero-order chi connectivity index (χ0) is 13.3. The summed E-state index contributed by atoms with van der Waals surface area (Å²) in [4.78, 5) is 11.8. The van der Waals surface area contributed by atoms with Crippen LogP contribution in [0.4, 0.5) is 0 Å². The highest BCUT2D eigenvalue weighted by Gasteiger charge is 2.20. The van der Waals surface area contributed by atoms with Gasteiger partial charge in [0.15, 0.2) is 0 Å². The summed E-state index contributed by atoms with van der Waals surface area (Å²) in [7, 11) is 0. The first-order valence-electron chi connectivity index (χ1n) is 7.54. The van der Waals surface area contributed by atoms with Gasteiger partial charge in [0.25, 0.3) is 0 Å². The Kier molecular flexibility index (Phi) is 9.18. The van der Waals surface area contributed by atoms with Crippen LogP contribution in [0.5, 0.6) is 0 Å². The van der Waals surface area contributed by atoms with Gasteiger partial charge in [-0.05, 0) is 38.6 Å². The Balaban J connectivity index is 0.00000200. The Labute approximate surface area is 127 Å². The predicted octanol–water partition coefficient (Wildman–Crippen LogP) is 1.11. The molecule has 0 aromatic rings. The number of carbonyl (C=O) groups excluding carboxylic acids is 1. The molecule has 20 heavy (non-hydrogen) atoms. The molecule has 0 saturated carbocycles. The standard InChI is InChI=1S/C14H26N2O3.ClH/c17-14(12-4-1-6-15-10-12)16-7-3-8-18-11-13-5-2-9-19-13;/h12-13,15H,1-11H2,(H,16,17);1H. The summed E-state index contributed by atoms with van der Waals surface area (Å²) in [6.45, 7) is 4.84. The molecular formula is C14H27ClN2O3. The zero-order valence-corrected chi connectivity index (χ0v) is 12.9. The minimum Gasteiger partial charge on any atom is -0.379 e. The number of carbonyl (C=O) groups is 1. The molecule has 1 amide bonds. The van der Waals surface area contributed by atoms with E-state index < -0.39 is 0 Å². The van der Waals surface area contributed by atoms with Gasteiger partial charge in [-0.3, -0.25) is 4.79 Å². The van der Waals surface area contributed by atoms with E-state index >= 15 is 0 Å². The molecule has 0 radical (unpaired) electrons. The first-order chi connectivity index (χ1) is 9.36. The van der Waals surface area contributed by atoms with Crippen LogP contribution >= 0.6 is 12.4 Å². The molecule has 2 unspecified atom stereocenters. The summed E-state index contributed by atoms with van der Waals surface area (Å²) in [5.41, 5.74) is 0. The number of piperidine rings is 1. The fourth-order valence-electron chi connectivity index (χ4n) is 2.60. The van der Waals surface area contributed by atoms with Gasteiger partial charge in [0.1, 0.15) is 0 Å². The van der Waals surface area contributed by atoms with Crippen LogP contribution in [-0.4, -0.2) is 51.5 Å². The van der Waals surface area contributed by atoms with Crippen molar-refractivity contribution in [2.24, 2.45) is 5.92 Å². The normalized spacial score (nSPS) is 26.0. The number of amides is 1. The van der Waals surface area contributed by atoms with Gasteiger partial charge < -0.3 is 20.1 Å². The SMILES string of the molecule is Cl.O=C(NCCCOCC1CCCO1)C1CCCNC1. The number of nitrogens with one attached hydrogen (secondary N) is 2. The first kappa shape index (κ1) is 17.7. The fourth-order valence-corrected chi connectivity index (χ4v) is 2.60. The van der Waals surface area contributed by atoms with Crippen molar-refractivity contribution in [3.05, 3.63) is 0 Å². The third-order valence-electron chi connectivity index (χ3n) is 3.76. The quantitative estimate of drug-likeness (QED) is 0.692. The topological polar surface area (TPSA) is 59.6 Å². The maximum absolute atomic E-state index is 11.8. The summed E-state index contributed by atoms with van der Waals surface area (Å²) in [5.74, 6) is 0.341. The smallest absolute Gasteiger partial charge is 0.224 e. The van der Waals surface area contributed by atoms with Crippen LogP contribution in [0.2, 0.25) is 0 Å². The summed E-state index contributed by atoms with van der Waals surface area (Å²) >= 11 is 0. The summed E-state index contributed by atoms with van der Waals surface area (Å²) in [6.07, 6.45) is 5.54. The van der Waals surface area contributed by atoms with E-state index in [9.17, 15) is 4.79 Å². The zero-order valence-electron chi connectivity index (χ0n) is 12.1. The Morgan fingerprint density at radius 3 is 2.95 bits per heavy atom. The van der Waals surface area contributed by atoms with Gasteiger partial charge in [-0.15, -0.1) is 12.4 Å². The van der Waals surface area contributed by atoms with Gasteiger partial charge in [0.05, 0.1) is 18.6 Å². The molecule has 5 nitrogen and oxygen atoms in total. The average molecular weight is 307 g/mol. The Morgan fingerprint density at radius 1 is 1.35 bits per heavy atom. The molecule has 2 atom stereocenters. The Morgan fingerprint density at radius 2 is 2.25 bits per heavy atom. The molecule has 6 heteroatoms. The third kappa shape index (κ3) is 6.39. The van der Waals surface area contributed by atoms with Crippen LogP contribution in [0.15, 0.2) is 0 Å². The third-order valence-corrected chi connectivity index (χ3v) is 3.76. The van der Waals surface area contributed by atoms with Crippen molar-refractivity contribution in [3.63, 3.8) is 0 Å². The van der Waals surface area contributed by atoms with E-state index in [0.717, 1.165) is 51.8 Å². The molecule has 2 aliphatic rings. The molecule has 2 saturated heterocycles. The monoisotopic (exact) mass is 306 g/mol. The average Bonchev–Trinajstić information content (AvgIpc) is 2.96. The van der Waals surface area contributed by atoms with E-state index in [1.807, 2.05) is 0 Å². The summed E-state index contributed by atoms with van der Waals surface area (Å²) in [5, 5.41) is 6.25. The largest absolute Gasteiger partial charge is 0.379 e. The second-order valence-corrected chi connectivity index (χ2v) is 5.40. The highest BCUT2D eigenvalue weighted by Crippen LogP contribution is 2.12. The second-order valence-electron chi connectivity index (χ2n) is 5.40. The molecule has 118 valence electrons. The molecule has 2 fully saturated rings. The van der Waals surface area contributed by atoms with Crippen molar-refractivity contribution in [1.29, 1.82) is 0 Å². The number of ether oxygens (including phenoxy) is 2. The van der Waals surface area contributed by atoms with Gasteiger partial charge in [-0.25, -0.2) is 0 Å². The lowest BCUT2D eigenvalue weighted by molar-refractivity contribution is -0.125. The van der Waals surface area contributed by atoms with Crippen molar-refractivity contribution in [2.75, 3.05) is 39.5 Å². The second kappa shape index (κ2) is 10.4. The molecule has 0 aliphatic carbocycles. The van der Waals surface area contributed by atoms with Gasteiger partial charge in [0.2, 0.25) is 5.91 Å². The molecule has 0 spiro atoms. The van der Waals surface area contributed by atoms with E-state index in [1.54, 1.807) is 0 Å². The predicted molar refractivity (Wildman–Crippen MR) is 80.3 cm³/mol. The molecule has 0 bridgehead atoms. The minimum absolute atomic E-state index is 0. The number of rotatable bonds is 7. The lowest BCUT2D eigenvalue weighted by atomic mass is 9.99. The van der Waals surface area contributed by atoms with Crippen molar-refractivity contribution >= 4 is 18.3 Å². The minimum atomic E-state index is 0. The van der Waals surface area contributed by atoms with E-state index in [0.29, 0.717) is 25.9 Å². The fraction of sp³-hybridized carbons (Fsp3) is 0.929. The molecule has 0 aromatic heterocycles. The van der Waals surface area contributed by atoms with E-state index in [-0.39, 0.29) is 24.2 Å². The lowest BCUT2D eigenvalue weighted by Crippen LogP contribution is -2.40. The molecule has 2 heterocycles. The first-order valence-corrected chi connectivity index (χ1v) is 7.54. The van der Waals surface area contributed by atoms with Crippen molar-refractivity contribution in [3.8, 4) is 0 Å². The van der Waals surface area contributed by atoms with Crippen molar-refractivity contribution < 1.29 is 14.3 Å². The van der Waals surface area contributed by atoms with Crippen LogP contribution in [0.3, 0.4) is 0 Å². The number of hydrogen-bond acceptors (Lipinski definition) is 4. The Bertz CT molecular complexity index is 267. The maximum atomic E-state index is 11.8.